The summed E-state index contributed by atoms with van der Waals surface area (Å²) in [6, 6.07) is 12.8. The Labute approximate surface area is 227 Å². The number of ether oxygens (including phenoxy) is 1. The molecule has 2 heterocycles. The first kappa shape index (κ1) is 28.4. The highest BCUT2D eigenvalue weighted by Gasteiger charge is 2.30. The Kier molecular flexibility index (Phi) is 9.47. The minimum Gasteiger partial charge on any atom is -0.497 e. The Morgan fingerprint density at radius 1 is 1.13 bits per heavy atom. The summed E-state index contributed by atoms with van der Waals surface area (Å²) < 4.78 is 43.7. The molecule has 3 aromatic rings. The van der Waals surface area contributed by atoms with Crippen LogP contribution in [-0.4, -0.2) is 47.7 Å². The van der Waals surface area contributed by atoms with Crippen molar-refractivity contribution >= 4 is 16.9 Å². The van der Waals surface area contributed by atoms with Crippen LogP contribution in [0.25, 0.3) is 10.9 Å². The number of halogens is 3. The van der Waals surface area contributed by atoms with Crippen LogP contribution < -0.4 is 4.74 Å². The molecule has 0 spiro atoms. The quantitative estimate of drug-likeness (QED) is 0.318. The molecule has 1 aromatic heterocycles. The van der Waals surface area contributed by atoms with Crippen LogP contribution in [0, 0.1) is 23.7 Å². The molecule has 0 saturated carbocycles. The molecule has 39 heavy (non-hydrogen) atoms. The van der Waals surface area contributed by atoms with Gasteiger partial charge in [-0.2, -0.15) is 13.2 Å². The maximum absolute atomic E-state index is 12.8. The molecule has 2 aromatic carbocycles. The van der Waals surface area contributed by atoms with Gasteiger partial charge in [-0.05, 0) is 105 Å². The third-order valence-electron chi connectivity index (χ3n) is 7.51. The number of aromatic nitrogens is 1. The van der Waals surface area contributed by atoms with E-state index >= 15 is 0 Å². The van der Waals surface area contributed by atoms with Gasteiger partial charge in [-0.1, -0.05) is 11.8 Å². The summed E-state index contributed by atoms with van der Waals surface area (Å²) >= 11 is 0. The molecule has 0 radical (unpaired) electrons. The lowest BCUT2D eigenvalue weighted by Crippen LogP contribution is -2.41. The maximum Gasteiger partial charge on any atom is 0.416 e. The molecule has 0 unspecified atom stereocenters. The number of aryl methyl sites for hydroxylation is 1. The largest absolute Gasteiger partial charge is 0.497 e. The van der Waals surface area contributed by atoms with E-state index in [9.17, 15) is 23.1 Å². The van der Waals surface area contributed by atoms with E-state index in [-0.39, 0.29) is 12.3 Å². The van der Waals surface area contributed by atoms with Crippen LogP contribution in [0.2, 0.25) is 0 Å². The second-order valence-electron chi connectivity index (χ2n) is 10.1. The zero-order chi connectivity index (χ0) is 27.8. The van der Waals surface area contributed by atoms with Crippen LogP contribution >= 0.6 is 0 Å². The SMILES string of the molecule is COc1ccc2nccc(CCC[C@@H]3CCN(CC#Cc4ccc(C(F)(F)F)cc4)C[C@@H]3CCC(=O)O)c2c1. The summed E-state index contributed by atoms with van der Waals surface area (Å²) in [6.45, 7) is 2.14. The summed E-state index contributed by atoms with van der Waals surface area (Å²) in [5.41, 5.74) is 2.03. The lowest BCUT2D eigenvalue weighted by atomic mass is 9.79. The van der Waals surface area contributed by atoms with Gasteiger partial charge in [0.05, 0.1) is 24.7 Å². The van der Waals surface area contributed by atoms with E-state index in [4.69, 9.17) is 4.74 Å². The zero-order valence-electron chi connectivity index (χ0n) is 22.0. The van der Waals surface area contributed by atoms with Crippen molar-refractivity contribution in [3.63, 3.8) is 0 Å². The normalized spacial score (nSPS) is 17.9. The molecule has 206 valence electrons. The van der Waals surface area contributed by atoms with Gasteiger partial charge in [0, 0.05) is 30.1 Å². The third-order valence-corrected chi connectivity index (χ3v) is 7.51. The molecule has 1 aliphatic rings. The molecule has 1 saturated heterocycles. The second kappa shape index (κ2) is 13.0. The number of aliphatic carboxylic acids is 1. The maximum atomic E-state index is 12.8. The fourth-order valence-corrected chi connectivity index (χ4v) is 5.39. The summed E-state index contributed by atoms with van der Waals surface area (Å²) in [5, 5.41) is 10.4. The summed E-state index contributed by atoms with van der Waals surface area (Å²) in [4.78, 5) is 18.0. The number of likely N-dealkylation sites (tertiary alicyclic amines) is 1. The number of hydrogen-bond acceptors (Lipinski definition) is 4. The summed E-state index contributed by atoms with van der Waals surface area (Å²) in [5.74, 6) is 6.75. The predicted molar refractivity (Wildman–Crippen MR) is 144 cm³/mol. The number of piperidine rings is 1. The highest BCUT2D eigenvalue weighted by atomic mass is 19.4. The first-order valence-electron chi connectivity index (χ1n) is 13.2. The fraction of sp³-hybridized carbons (Fsp3) is 0.419. The van der Waals surface area contributed by atoms with Crippen LogP contribution in [0.15, 0.2) is 54.7 Å². The smallest absolute Gasteiger partial charge is 0.416 e. The Bertz CT molecular complexity index is 1330. The molecule has 1 N–H and O–H groups in total. The fourth-order valence-electron chi connectivity index (χ4n) is 5.39. The van der Waals surface area contributed by atoms with Crippen molar-refractivity contribution in [1.29, 1.82) is 0 Å². The number of rotatable bonds is 9. The first-order valence-corrected chi connectivity index (χ1v) is 13.2. The van der Waals surface area contributed by atoms with Gasteiger partial charge in [0.2, 0.25) is 0 Å². The zero-order valence-corrected chi connectivity index (χ0v) is 22.0. The van der Waals surface area contributed by atoms with E-state index in [2.05, 4.69) is 27.8 Å². The molecule has 0 bridgehead atoms. The predicted octanol–water partition coefficient (Wildman–Crippen LogP) is 6.44. The van der Waals surface area contributed by atoms with E-state index in [1.165, 1.54) is 17.7 Å². The van der Waals surface area contributed by atoms with Gasteiger partial charge in [0.15, 0.2) is 0 Å². The van der Waals surface area contributed by atoms with Crippen molar-refractivity contribution in [2.45, 2.75) is 44.7 Å². The minimum absolute atomic E-state index is 0.140. The summed E-state index contributed by atoms with van der Waals surface area (Å²) in [6.07, 6.45) is 2.14. The number of nitrogens with zero attached hydrogens (tertiary/aromatic N) is 2. The lowest BCUT2D eigenvalue weighted by molar-refractivity contribution is -0.138. The standard InChI is InChI=1S/C31H33F3N2O3/c1-39-27-12-13-29-28(20-27)24(15-17-35-29)6-2-5-23-16-19-36(21-25(23)9-14-30(37)38)18-3-4-22-7-10-26(11-8-22)31(32,33)34/h7-8,10-13,15,17,20,23,25H,2,5-6,9,14,16,18-19,21H2,1H3,(H,37,38)/t23-,25+/m1/s1. The van der Waals surface area contributed by atoms with Crippen molar-refractivity contribution in [2.75, 3.05) is 26.7 Å². The summed E-state index contributed by atoms with van der Waals surface area (Å²) in [7, 11) is 1.65. The van der Waals surface area contributed by atoms with Gasteiger partial charge >= 0.3 is 12.1 Å². The molecule has 1 aliphatic heterocycles. The molecule has 2 atom stereocenters. The van der Waals surface area contributed by atoms with Crippen molar-refractivity contribution in [2.24, 2.45) is 11.8 Å². The number of carboxylic acid groups (broad SMARTS) is 1. The monoisotopic (exact) mass is 538 g/mol. The third kappa shape index (κ3) is 7.96. The highest BCUT2D eigenvalue weighted by molar-refractivity contribution is 5.83. The van der Waals surface area contributed by atoms with Crippen LogP contribution in [0.5, 0.6) is 5.75 Å². The number of hydrogen-bond donors (Lipinski definition) is 1. The van der Waals surface area contributed by atoms with E-state index in [1.807, 2.05) is 24.4 Å². The number of fused-ring (bicyclic) bond motifs is 1. The van der Waals surface area contributed by atoms with Crippen LogP contribution in [0.3, 0.4) is 0 Å². The number of methoxy groups -OCH3 is 1. The highest BCUT2D eigenvalue weighted by Crippen LogP contribution is 2.32. The molecule has 0 aliphatic carbocycles. The van der Waals surface area contributed by atoms with Gasteiger partial charge in [0.25, 0.3) is 0 Å². The van der Waals surface area contributed by atoms with Crippen LogP contribution in [0.1, 0.15) is 48.8 Å². The molecule has 1 fully saturated rings. The van der Waals surface area contributed by atoms with Crippen LogP contribution in [0.4, 0.5) is 13.2 Å². The van der Waals surface area contributed by atoms with Gasteiger partial charge in [0.1, 0.15) is 5.75 Å². The van der Waals surface area contributed by atoms with Gasteiger partial charge in [-0.25, -0.2) is 0 Å². The number of carbonyl (C=O) groups is 1. The van der Waals surface area contributed by atoms with E-state index < -0.39 is 17.7 Å². The first-order chi connectivity index (χ1) is 18.7. The molecule has 5 nitrogen and oxygen atoms in total. The Morgan fingerprint density at radius 3 is 2.64 bits per heavy atom. The average molecular weight is 539 g/mol. The van der Waals surface area contributed by atoms with E-state index in [0.717, 1.165) is 67.6 Å². The van der Waals surface area contributed by atoms with Gasteiger partial charge < -0.3 is 9.84 Å². The Morgan fingerprint density at radius 2 is 1.92 bits per heavy atom. The average Bonchev–Trinajstić information content (AvgIpc) is 2.92. The molecule has 8 heteroatoms. The lowest BCUT2D eigenvalue weighted by Gasteiger charge is -2.38. The number of carboxylic acids is 1. The Hall–Kier alpha value is -3.57. The van der Waals surface area contributed by atoms with Gasteiger partial charge in [-0.3, -0.25) is 14.7 Å². The second-order valence-corrected chi connectivity index (χ2v) is 10.1. The minimum atomic E-state index is -4.36. The Balaban J connectivity index is 1.34. The van der Waals surface area contributed by atoms with Crippen molar-refractivity contribution < 1.29 is 27.8 Å². The van der Waals surface area contributed by atoms with Crippen LogP contribution in [-0.2, 0) is 17.4 Å². The molecule has 4 rings (SSSR count). The van der Waals surface area contributed by atoms with E-state index in [1.54, 1.807) is 7.11 Å². The van der Waals surface area contributed by atoms with Crippen molar-refractivity contribution in [3.8, 4) is 17.6 Å². The number of alkyl halides is 3. The molecule has 0 amide bonds. The topological polar surface area (TPSA) is 62.7 Å². The number of pyridine rings is 1. The van der Waals surface area contributed by atoms with Crippen molar-refractivity contribution in [1.82, 2.24) is 9.88 Å². The molecular weight excluding hydrogens is 505 g/mol. The van der Waals surface area contributed by atoms with Gasteiger partial charge in [-0.15, -0.1) is 0 Å². The number of benzene rings is 2. The van der Waals surface area contributed by atoms with E-state index in [0.29, 0.717) is 24.4 Å². The molecular formula is C31H33F3N2O3. The van der Waals surface area contributed by atoms with Crippen molar-refractivity contribution in [3.05, 3.63) is 71.4 Å².